The molecular weight excluding hydrogens is 353 g/mol. The van der Waals surface area contributed by atoms with Gasteiger partial charge in [0.25, 0.3) is 5.22 Å². The summed E-state index contributed by atoms with van der Waals surface area (Å²) in [5.41, 5.74) is 1.09. The Labute approximate surface area is 146 Å². The molecule has 0 atom stereocenters. The van der Waals surface area contributed by atoms with E-state index in [9.17, 15) is 9.18 Å². The maximum Gasteiger partial charge on any atom is 0.277 e. The Morgan fingerprint density at radius 1 is 1.21 bits per heavy atom. The minimum absolute atomic E-state index is 0.0632. The van der Waals surface area contributed by atoms with Crippen LogP contribution in [0.2, 0.25) is 5.02 Å². The summed E-state index contributed by atoms with van der Waals surface area (Å²) < 4.78 is 18.5. The molecule has 0 radical (unpaired) electrons. The van der Waals surface area contributed by atoms with Gasteiger partial charge in [0, 0.05) is 16.3 Å². The Hall–Kier alpha value is -2.38. The SMILES string of the molecule is O=C(CSc1nnc(-c2cccc(Cl)c2)o1)Nc1cccc(F)c1. The van der Waals surface area contributed by atoms with Crippen molar-refractivity contribution in [2.24, 2.45) is 0 Å². The number of rotatable bonds is 5. The van der Waals surface area contributed by atoms with Crippen molar-refractivity contribution in [3.05, 3.63) is 59.4 Å². The van der Waals surface area contributed by atoms with Gasteiger partial charge in [-0.1, -0.05) is 35.5 Å². The molecule has 0 fully saturated rings. The predicted molar refractivity (Wildman–Crippen MR) is 90.5 cm³/mol. The lowest BCUT2D eigenvalue weighted by Gasteiger charge is -2.03. The van der Waals surface area contributed by atoms with Gasteiger partial charge in [-0.3, -0.25) is 4.79 Å². The van der Waals surface area contributed by atoms with Crippen molar-refractivity contribution >= 4 is 35.0 Å². The van der Waals surface area contributed by atoms with Crippen LogP contribution in [0.15, 0.2) is 58.2 Å². The molecule has 0 aliphatic heterocycles. The molecule has 1 N–H and O–H groups in total. The van der Waals surface area contributed by atoms with Crippen LogP contribution in [-0.4, -0.2) is 21.9 Å². The molecule has 3 rings (SSSR count). The van der Waals surface area contributed by atoms with Crippen molar-refractivity contribution in [2.75, 3.05) is 11.1 Å². The lowest BCUT2D eigenvalue weighted by Crippen LogP contribution is -2.14. The minimum atomic E-state index is -0.413. The van der Waals surface area contributed by atoms with Crippen LogP contribution >= 0.6 is 23.4 Å². The molecule has 122 valence electrons. The Morgan fingerprint density at radius 3 is 2.83 bits per heavy atom. The zero-order chi connectivity index (χ0) is 16.9. The van der Waals surface area contributed by atoms with Crippen molar-refractivity contribution in [3.63, 3.8) is 0 Å². The van der Waals surface area contributed by atoms with Crippen LogP contribution in [0.25, 0.3) is 11.5 Å². The van der Waals surface area contributed by atoms with Gasteiger partial charge in [0.15, 0.2) is 0 Å². The number of amides is 1. The smallest absolute Gasteiger partial charge is 0.277 e. The van der Waals surface area contributed by atoms with Crippen molar-refractivity contribution in [1.82, 2.24) is 10.2 Å². The van der Waals surface area contributed by atoms with Crippen LogP contribution in [0.5, 0.6) is 0 Å². The summed E-state index contributed by atoms with van der Waals surface area (Å²) in [6, 6.07) is 12.7. The molecule has 24 heavy (non-hydrogen) atoms. The first-order valence-electron chi connectivity index (χ1n) is 6.88. The van der Waals surface area contributed by atoms with E-state index in [1.165, 1.54) is 18.2 Å². The van der Waals surface area contributed by atoms with Crippen molar-refractivity contribution in [3.8, 4) is 11.5 Å². The number of hydrogen-bond acceptors (Lipinski definition) is 5. The number of aromatic nitrogens is 2. The number of carbonyl (C=O) groups excluding carboxylic acids is 1. The van der Waals surface area contributed by atoms with Crippen molar-refractivity contribution in [2.45, 2.75) is 5.22 Å². The summed E-state index contributed by atoms with van der Waals surface area (Å²) in [7, 11) is 0. The summed E-state index contributed by atoms with van der Waals surface area (Å²) in [5, 5.41) is 11.2. The highest BCUT2D eigenvalue weighted by atomic mass is 35.5. The highest BCUT2D eigenvalue weighted by Crippen LogP contribution is 2.25. The molecule has 0 unspecified atom stereocenters. The van der Waals surface area contributed by atoms with Crippen LogP contribution in [-0.2, 0) is 4.79 Å². The third-order valence-corrected chi connectivity index (χ3v) is 3.97. The first-order chi connectivity index (χ1) is 11.6. The number of halogens is 2. The summed E-state index contributed by atoms with van der Waals surface area (Å²) in [5.74, 6) is -0.324. The number of nitrogens with zero attached hydrogens (tertiary/aromatic N) is 2. The number of thioether (sulfide) groups is 1. The maximum absolute atomic E-state index is 13.1. The van der Waals surface area contributed by atoms with Crippen LogP contribution < -0.4 is 5.32 Å². The van der Waals surface area contributed by atoms with E-state index >= 15 is 0 Å². The third kappa shape index (κ3) is 4.33. The molecule has 5 nitrogen and oxygen atoms in total. The van der Waals surface area contributed by atoms with E-state index < -0.39 is 5.82 Å². The normalized spacial score (nSPS) is 10.6. The molecule has 0 aliphatic rings. The number of carbonyl (C=O) groups is 1. The fourth-order valence-electron chi connectivity index (χ4n) is 1.90. The molecule has 0 saturated carbocycles. The molecule has 8 heteroatoms. The molecular formula is C16H11ClFN3O2S. The zero-order valence-corrected chi connectivity index (χ0v) is 13.8. The summed E-state index contributed by atoms with van der Waals surface area (Å²) in [6.45, 7) is 0. The van der Waals surface area contributed by atoms with E-state index in [1.54, 1.807) is 30.3 Å². The minimum Gasteiger partial charge on any atom is -0.411 e. The van der Waals surface area contributed by atoms with Crippen LogP contribution in [0.4, 0.5) is 10.1 Å². The van der Waals surface area contributed by atoms with Gasteiger partial charge in [0.05, 0.1) is 5.75 Å². The summed E-state index contributed by atoms with van der Waals surface area (Å²) in [6.07, 6.45) is 0. The Bertz CT molecular complexity index is 872. The molecule has 1 amide bonds. The van der Waals surface area contributed by atoms with Gasteiger partial charge in [-0.2, -0.15) is 0 Å². The largest absolute Gasteiger partial charge is 0.411 e. The molecule has 1 aromatic heterocycles. The van der Waals surface area contributed by atoms with Crippen LogP contribution in [0.3, 0.4) is 0 Å². The van der Waals surface area contributed by atoms with E-state index in [1.807, 2.05) is 0 Å². The fourth-order valence-corrected chi connectivity index (χ4v) is 2.65. The average molecular weight is 364 g/mol. The number of benzene rings is 2. The van der Waals surface area contributed by atoms with Crippen LogP contribution in [0, 0.1) is 5.82 Å². The maximum atomic E-state index is 13.1. The second-order valence-corrected chi connectivity index (χ2v) is 6.09. The summed E-state index contributed by atoms with van der Waals surface area (Å²) in [4.78, 5) is 11.9. The lowest BCUT2D eigenvalue weighted by atomic mass is 10.2. The second kappa shape index (κ2) is 7.46. The number of hydrogen-bond donors (Lipinski definition) is 1. The highest BCUT2D eigenvalue weighted by Gasteiger charge is 2.11. The van der Waals surface area contributed by atoms with Gasteiger partial charge in [-0.15, -0.1) is 10.2 Å². The van der Waals surface area contributed by atoms with E-state index in [4.69, 9.17) is 16.0 Å². The first kappa shape index (κ1) is 16.5. The standard InChI is InChI=1S/C16H11ClFN3O2S/c17-11-4-1-3-10(7-11)15-20-21-16(23-15)24-9-14(22)19-13-6-2-5-12(18)8-13/h1-8H,9H2,(H,19,22). The highest BCUT2D eigenvalue weighted by molar-refractivity contribution is 7.99. The molecule has 0 aliphatic carbocycles. The first-order valence-corrected chi connectivity index (χ1v) is 8.24. The van der Waals surface area contributed by atoms with E-state index in [0.717, 1.165) is 11.8 Å². The van der Waals surface area contributed by atoms with E-state index in [2.05, 4.69) is 15.5 Å². The Balaban J connectivity index is 1.58. The monoisotopic (exact) mass is 363 g/mol. The van der Waals surface area contributed by atoms with E-state index in [-0.39, 0.29) is 16.9 Å². The second-order valence-electron chi connectivity index (χ2n) is 4.73. The van der Waals surface area contributed by atoms with Gasteiger partial charge < -0.3 is 9.73 Å². The third-order valence-electron chi connectivity index (χ3n) is 2.91. The number of anilines is 1. The molecule has 0 bridgehead atoms. The van der Waals surface area contributed by atoms with Gasteiger partial charge in [0.1, 0.15) is 5.82 Å². The van der Waals surface area contributed by atoms with Crippen LogP contribution in [0.1, 0.15) is 0 Å². The predicted octanol–water partition coefficient (Wildman–Crippen LogP) is 4.26. The van der Waals surface area contributed by atoms with Gasteiger partial charge in [-0.05, 0) is 36.4 Å². The van der Waals surface area contributed by atoms with Gasteiger partial charge in [-0.25, -0.2) is 4.39 Å². The molecule has 0 spiro atoms. The average Bonchev–Trinajstić information content (AvgIpc) is 3.02. The fraction of sp³-hybridized carbons (Fsp3) is 0.0625. The van der Waals surface area contributed by atoms with Gasteiger partial charge in [0.2, 0.25) is 11.8 Å². The van der Waals surface area contributed by atoms with Crippen molar-refractivity contribution in [1.29, 1.82) is 0 Å². The molecule has 2 aromatic carbocycles. The topological polar surface area (TPSA) is 68.0 Å². The summed E-state index contributed by atoms with van der Waals surface area (Å²) >= 11 is 7.01. The zero-order valence-electron chi connectivity index (χ0n) is 12.2. The molecule has 0 saturated heterocycles. The van der Waals surface area contributed by atoms with Crippen molar-refractivity contribution < 1.29 is 13.6 Å². The molecule has 3 aromatic rings. The molecule has 1 heterocycles. The Kier molecular flexibility index (Phi) is 5.12. The Morgan fingerprint density at radius 2 is 2.04 bits per heavy atom. The number of nitrogens with one attached hydrogen (secondary N) is 1. The van der Waals surface area contributed by atoms with Gasteiger partial charge >= 0.3 is 0 Å². The lowest BCUT2D eigenvalue weighted by molar-refractivity contribution is -0.113. The quantitative estimate of drug-likeness (QED) is 0.686. The van der Waals surface area contributed by atoms with E-state index in [0.29, 0.717) is 22.2 Å².